The number of sulfonamides is 1. The maximum absolute atomic E-state index is 15.0. The summed E-state index contributed by atoms with van der Waals surface area (Å²) in [5.41, 5.74) is 3.35. The molecule has 1 aromatic carbocycles. The minimum atomic E-state index is -4.04. The van der Waals surface area contributed by atoms with Crippen molar-refractivity contribution < 1.29 is 26.7 Å². The number of aliphatic imine (C=N–C) groups is 1. The van der Waals surface area contributed by atoms with Gasteiger partial charge in [0.15, 0.2) is 5.78 Å². The topological polar surface area (TPSA) is 115 Å². The lowest BCUT2D eigenvalue weighted by Crippen LogP contribution is -2.60. The van der Waals surface area contributed by atoms with Crippen molar-refractivity contribution in [3.63, 3.8) is 0 Å². The molecule has 0 radical (unpaired) electrons. The minimum absolute atomic E-state index is 0.00538. The number of ether oxygens (including phenoxy) is 1. The van der Waals surface area contributed by atoms with Crippen LogP contribution in [0, 0.1) is 11.6 Å². The van der Waals surface area contributed by atoms with Crippen LogP contribution in [0.5, 0.6) is 0 Å². The molecule has 4 rings (SSSR count). The van der Waals surface area contributed by atoms with Crippen LogP contribution in [0.15, 0.2) is 41.5 Å². The van der Waals surface area contributed by atoms with E-state index in [1.54, 1.807) is 0 Å². The molecule has 1 unspecified atom stereocenters. The Morgan fingerprint density at radius 2 is 2.10 bits per heavy atom. The predicted octanol–water partition coefficient (Wildman–Crippen LogP) is 1.71. The number of carbonyl (C=O) groups excluding carboxylic acids is 1. The number of hydrogen-bond acceptors (Lipinski definition) is 7. The van der Waals surface area contributed by atoms with Crippen LogP contribution in [-0.4, -0.2) is 48.5 Å². The largest absolute Gasteiger partial charge is 0.369 e. The molecule has 8 nitrogen and oxygen atoms in total. The third kappa shape index (κ3) is 3.57. The summed E-state index contributed by atoms with van der Waals surface area (Å²) < 4.78 is 60.3. The number of nitrogens with two attached hydrogens (primary N) is 1. The van der Waals surface area contributed by atoms with Crippen molar-refractivity contribution in [1.82, 2.24) is 9.29 Å². The molecule has 2 aromatic rings. The van der Waals surface area contributed by atoms with Gasteiger partial charge in [-0.3, -0.25) is 9.78 Å². The Bertz CT molecular complexity index is 1170. The molecule has 164 valence electrons. The first-order valence-electron chi connectivity index (χ1n) is 9.53. The summed E-state index contributed by atoms with van der Waals surface area (Å²) in [5.74, 6) is -1.91. The van der Waals surface area contributed by atoms with Gasteiger partial charge in [-0.15, -0.1) is 0 Å². The number of rotatable bonds is 4. The van der Waals surface area contributed by atoms with Gasteiger partial charge in [-0.05, 0) is 42.7 Å². The molecule has 0 amide bonds. The highest BCUT2D eigenvalue weighted by atomic mass is 32.2. The molecule has 3 heterocycles. The third-order valence-corrected chi connectivity index (χ3v) is 7.54. The fourth-order valence-corrected chi connectivity index (χ4v) is 5.58. The molecule has 0 aliphatic carbocycles. The van der Waals surface area contributed by atoms with Gasteiger partial charge in [-0.2, -0.15) is 0 Å². The van der Waals surface area contributed by atoms with Crippen molar-refractivity contribution >= 4 is 21.8 Å². The fraction of sp³-hybridized carbons (Fsp3) is 0.350. The van der Waals surface area contributed by atoms with Crippen LogP contribution in [0.2, 0.25) is 0 Å². The Hall–Kier alpha value is -2.92. The lowest BCUT2D eigenvalue weighted by molar-refractivity contribution is 0.000551. The zero-order valence-electron chi connectivity index (χ0n) is 16.6. The van der Waals surface area contributed by atoms with Crippen LogP contribution >= 0.6 is 0 Å². The van der Waals surface area contributed by atoms with Crippen molar-refractivity contribution in [3.8, 4) is 0 Å². The van der Waals surface area contributed by atoms with E-state index in [2.05, 4.69) is 9.98 Å². The third-order valence-electron chi connectivity index (χ3n) is 5.53. The summed E-state index contributed by atoms with van der Waals surface area (Å²) in [5, 5.41) is 0. The SMILES string of the molecule is CN1C(N)=N[C@@]2(c3cc(CC(=O)c4ccc(F)cn4)ccc3F)CCCOC2S1(=O)=O. The Morgan fingerprint density at radius 3 is 2.81 bits per heavy atom. The summed E-state index contributed by atoms with van der Waals surface area (Å²) in [7, 11) is -2.78. The first-order valence-corrected chi connectivity index (χ1v) is 11.0. The number of pyridine rings is 1. The molecular formula is C20H20F2N4O4S. The van der Waals surface area contributed by atoms with Gasteiger partial charge < -0.3 is 10.5 Å². The van der Waals surface area contributed by atoms with Gasteiger partial charge in [-0.1, -0.05) is 6.07 Å². The molecule has 2 aliphatic rings. The number of guanidine groups is 1. The standard InChI is InChI=1S/C20H20F2N4O4S/c1-26-19(23)25-20(7-2-8-30-18(20)31(26,28)29)14-9-12(3-5-15(14)22)10-17(27)16-6-4-13(21)11-24-16/h3-6,9,11,18H,2,7-8,10H2,1H3,(H2,23,25)/t18?,20-/m1/s1. The molecule has 2 atom stereocenters. The molecule has 2 N–H and O–H groups in total. The van der Waals surface area contributed by atoms with E-state index in [1.807, 2.05) is 0 Å². The summed E-state index contributed by atoms with van der Waals surface area (Å²) in [6.45, 7) is 0.185. The van der Waals surface area contributed by atoms with Crippen molar-refractivity contribution in [2.75, 3.05) is 13.7 Å². The maximum Gasteiger partial charge on any atom is 0.267 e. The normalized spacial score (nSPS) is 24.9. The number of hydrogen-bond donors (Lipinski definition) is 1. The van der Waals surface area contributed by atoms with E-state index < -0.39 is 38.4 Å². The molecule has 2 aliphatic heterocycles. The van der Waals surface area contributed by atoms with Crippen molar-refractivity contribution in [2.24, 2.45) is 10.7 Å². The van der Waals surface area contributed by atoms with Crippen molar-refractivity contribution in [3.05, 3.63) is 65.0 Å². The average Bonchev–Trinajstić information content (AvgIpc) is 2.74. The van der Waals surface area contributed by atoms with Crippen molar-refractivity contribution in [1.29, 1.82) is 0 Å². The number of nitrogens with zero attached hydrogens (tertiary/aromatic N) is 3. The summed E-state index contributed by atoms with van der Waals surface area (Å²) in [4.78, 5) is 20.7. The Balaban J connectivity index is 1.77. The van der Waals surface area contributed by atoms with E-state index in [1.165, 1.54) is 25.2 Å². The van der Waals surface area contributed by atoms with E-state index in [4.69, 9.17) is 10.5 Å². The molecule has 0 saturated carbocycles. The van der Waals surface area contributed by atoms with Crippen LogP contribution < -0.4 is 5.73 Å². The first kappa shape index (κ1) is 21.3. The van der Waals surface area contributed by atoms with Gasteiger partial charge in [-0.25, -0.2) is 26.5 Å². The van der Waals surface area contributed by atoms with E-state index in [0.717, 1.165) is 22.6 Å². The number of halogens is 2. The average molecular weight is 450 g/mol. The highest BCUT2D eigenvalue weighted by Crippen LogP contribution is 2.45. The molecular weight excluding hydrogens is 430 g/mol. The number of carbonyl (C=O) groups is 1. The summed E-state index contributed by atoms with van der Waals surface area (Å²) >= 11 is 0. The van der Waals surface area contributed by atoms with Crippen LogP contribution in [-0.2, 0) is 26.7 Å². The molecule has 0 spiro atoms. The summed E-state index contributed by atoms with van der Waals surface area (Å²) in [6, 6.07) is 6.38. The van der Waals surface area contributed by atoms with Crippen LogP contribution in [0.25, 0.3) is 0 Å². The van der Waals surface area contributed by atoms with E-state index in [-0.39, 0.29) is 36.7 Å². The van der Waals surface area contributed by atoms with Crippen LogP contribution in [0.1, 0.15) is 34.5 Å². The second-order valence-electron chi connectivity index (χ2n) is 7.49. The number of fused-ring (bicyclic) bond motifs is 1. The molecule has 31 heavy (non-hydrogen) atoms. The quantitative estimate of drug-likeness (QED) is 0.709. The Labute approximate surface area is 177 Å². The predicted molar refractivity (Wildman–Crippen MR) is 108 cm³/mol. The molecule has 1 fully saturated rings. The van der Waals surface area contributed by atoms with Crippen LogP contribution in [0.4, 0.5) is 8.78 Å². The molecule has 0 bridgehead atoms. The number of aromatic nitrogens is 1. The Kier molecular flexibility index (Phi) is 5.26. The highest BCUT2D eigenvalue weighted by molar-refractivity contribution is 7.90. The van der Waals surface area contributed by atoms with E-state index in [0.29, 0.717) is 12.0 Å². The van der Waals surface area contributed by atoms with Gasteiger partial charge in [0.25, 0.3) is 10.0 Å². The van der Waals surface area contributed by atoms with Gasteiger partial charge in [0, 0.05) is 25.6 Å². The highest BCUT2D eigenvalue weighted by Gasteiger charge is 2.56. The van der Waals surface area contributed by atoms with Crippen LogP contribution in [0.3, 0.4) is 0 Å². The summed E-state index contributed by atoms with van der Waals surface area (Å²) in [6.07, 6.45) is 1.46. The molecule has 11 heteroatoms. The first-order chi connectivity index (χ1) is 14.6. The minimum Gasteiger partial charge on any atom is -0.369 e. The zero-order chi connectivity index (χ0) is 22.4. The molecule has 1 saturated heterocycles. The number of ketones is 1. The monoisotopic (exact) mass is 450 g/mol. The van der Waals surface area contributed by atoms with Gasteiger partial charge in [0.2, 0.25) is 11.4 Å². The zero-order valence-corrected chi connectivity index (χ0v) is 17.4. The fourth-order valence-electron chi connectivity index (χ4n) is 3.93. The Morgan fingerprint density at radius 1 is 1.32 bits per heavy atom. The van der Waals surface area contributed by atoms with Gasteiger partial charge in [0.1, 0.15) is 22.9 Å². The smallest absolute Gasteiger partial charge is 0.267 e. The second kappa shape index (κ2) is 7.65. The lowest BCUT2D eigenvalue weighted by Gasteiger charge is -2.45. The van der Waals surface area contributed by atoms with Crippen molar-refractivity contribution in [2.45, 2.75) is 30.2 Å². The second-order valence-corrected chi connectivity index (χ2v) is 9.49. The lowest BCUT2D eigenvalue weighted by atomic mass is 9.83. The van der Waals surface area contributed by atoms with Gasteiger partial charge in [0.05, 0.1) is 6.20 Å². The molecule has 1 aromatic heterocycles. The maximum atomic E-state index is 15.0. The van der Waals surface area contributed by atoms with E-state index in [9.17, 15) is 22.0 Å². The number of Topliss-reactive ketones (excluding diaryl/α,β-unsaturated/α-hetero) is 1. The van der Waals surface area contributed by atoms with Gasteiger partial charge >= 0.3 is 0 Å². The number of benzene rings is 1. The van der Waals surface area contributed by atoms with E-state index >= 15 is 0 Å².